The van der Waals surface area contributed by atoms with Crippen molar-refractivity contribution in [1.82, 2.24) is 0 Å². The molecule has 0 spiro atoms. The molecule has 1 aliphatic heterocycles. The molecule has 13 heavy (non-hydrogen) atoms. The third-order valence-corrected chi connectivity index (χ3v) is 2.07. The first kappa shape index (κ1) is 6.95. The Hall–Kier alpha value is -1.51. The average molecular weight is 175 g/mol. The minimum absolute atomic E-state index is 0.377. The summed E-state index contributed by atoms with van der Waals surface area (Å²) in [7, 11) is 0. The van der Waals surface area contributed by atoms with Gasteiger partial charge in [0.2, 0.25) is 0 Å². The number of rotatable bonds is 1. The van der Waals surface area contributed by atoms with E-state index in [2.05, 4.69) is 10.2 Å². The molecule has 0 fully saturated rings. The van der Waals surface area contributed by atoms with Crippen LogP contribution in [-0.4, -0.2) is 5.91 Å². The van der Waals surface area contributed by atoms with E-state index in [1.165, 1.54) is 0 Å². The fraction of sp³-hybridized carbons (Fsp3) is 0.300. The summed E-state index contributed by atoms with van der Waals surface area (Å²) in [6, 6.07) is 0. The largest absolute Gasteiger partial charge is 0.293 e. The molecular weight excluding hydrogens is 164 g/mol. The van der Waals surface area contributed by atoms with E-state index in [-0.39, 0.29) is 5.91 Å². The van der Waals surface area contributed by atoms with Crippen molar-refractivity contribution in [3.8, 4) is 0 Å². The SMILES string of the molecule is [2H]C1(C2=C(C)N=NC2=O)C=CC=CC1. The van der Waals surface area contributed by atoms with Crippen LogP contribution in [0.15, 0.2) is 45.8 Å². The maximum absolute atomic E-state index is 11.4. The summed E-state index contributed by atoms with van der Waals surface area (Å²) in [5.74, 6) is -1.35. The molecule has 1 atom stereocenters. The van der Waals surface area contributed by atoms with Gasteiger partial charge in [-0.05, 0) is 13.3 Å². The summed E-state index contributed by atoms with van der Waals surface area (Å²) in [5.41, 5.74) is 0.961. The van der Waals surface area contributed by atoms with Gasteiger partial charge in [-0.1, -0.05) is 24.3 Å². The highest BCUT2D eigenvalue weighted by Crippen LogP contribution is 2.28. The van der Waals surface area contributed by atoms with Crippen molar-refractivity contribution >= 4 is 5.91 Å². The molecule has 0 saturated heterocycles. The lowest BCUT2D eigenvalue weighted by Gasteiger charge is -2.12. The van der Waals surface area contributed by atoms with E-state index in [1.807, 2.05) is 12.2 Å². The number of amides is 1. The molecular formula is C10H10N2O. The zero-order chi connectivity index (χ0) is 10.2. The van der Waals surface area contributed by atoms with Crippen LogP contribution in [0.2, 0.25) is 0 Å². The molecule has 0 aromatic carbocycles. The Morgan fingerprint density at radius 1 is 1.54 bits per heavy atom. The molecule has 0 bridgehead atoms. The maximum atomic E-state index is 11.4. The Morgan fingerprint density at radius 2 is 2.38 bits per heavy atom. The van der Waals surface area contributed by atoms with E-state index >= 15 is 0 Å². The predicted molar refractivity (Wildman–Crippen MR) is 49.0 cm³/mol. The average Bonchev–Trinajstić information content (AvgIpc) is 2.48. The first-order valence-corrected chi connectivity index (χ1v) is 4.15. The maximum Gasteiger partial charge on any atom is 0.293 e. The second-order valence-corrected chi connectivity index (χ2v) is 2.98. The van der Waals surface area contributed by atoms with Gasteiger partial charge in [0.25, 0.3) is 5.91 Å². The van der Waals surface area contributed by atoms with Gasteiger partial charge >= 0.3 is 0 Å². The monoisotopic (exact) mass is 175 g/mol. The summed E-state index contributed by atoms with van der Waals surface area (Å²) in [6.07, 6.45) is 7.74. The van der Waals surface area contributed by atoms with Crippen LogP contribution < -0.4 is 0 Å². The van der Waals surface area contributed by atoms with Crippen molar-refractivity contribution < 1.29 is 6.17 Å². The first-order chi connectivity index (χ1) is 6.63. The molecule has 1 unspecified atom stereocenters. The molecule has 2 aliphatic rings. The molecule has 2 rings (SSSR count). The van der Waals surface area contributed by atoms with Crippen molar-refractivity contribution in [3.05, 3.63) is 35.6 Å². The summed E-state index contributed by atoms with van der Waals surface area (Å²) in [6.45, 7) is 1.71. The molecule has 0 aromatic heterocycles. The summed E-state index contributed by atoms with van der Waals surface area (Å²) < 4.78 is 8.14. The second-order valence-electron chi connectivity index (χ2n) is 2.98. The van der Waals surface area contributed by atoms with Crippen LogP contribution in [0.3, 0.4) is 0 Å². The Morgan fingerprint density at radius 3 is 2.92 bits per heavy atom. The van der Waals surface area contributed by atoms with Gasteiger partial charge in [0.05, 0.1) is 11.3 Å². The first-order valence-electron chi connectivity index (χ1n) is 4.65. The molecule has 66 valence electrons. The number of hydrogen-bond donors (Lipinski definition) is 0. The number of azo groups is 1. The third kappa shape index (κ3) is 1.37. The fourth-order valence-corrected chi connectivity index (χ4v) is 1.44. The molecule has 3 nitrogen and oxygen atoms in total. The quantitative estimate of drug-likeness (QED) is 0.603. The standard InChI is InChI=1S/C10H10N2O/c1-7-9(10(13)12-11-7)8-5-3-2-4-6-8/h2-5,8H,6H2,1H3/i8D. The minimum atomic E-state index is -0.973. The van der Waals surface area contributed by atoms with Crippen LogP contribution in [-0.2, 0) is 4.79 Å². The third-order valence-electron chi connectivity index (χ3n) is 2.07. The highest BCUT2D eigenvalue weighted by Gasteiger charge is 2.25. The smallest absolute Gasteiger partial charge is 0.265 e. The van der Waals surface area contributed by atoms with E-state index < -0.39 is 5.89 Å². The van der Waals surface area contributed by atoms with Gasteiger partial charge in [-0.3, -0.25) is 4.79 Å². The van der Waals surface area contributed by atoms with Gasteiger partial charge in [-0.15, -0.1) is 5.11 Å². The van der Waals surface area contributed by atoms with Gasteiger partial charge in [-0.25, -0.2) is 0 Å². The van der Waals surface area contributed by atoms with Crippen molar-refractivity contribution in [2.75, 3.05) is 0 Å². The number of hydrogen-bond acceptors (Lipinski definition) is 2. The predicted octanol–water partition coefficient (Wildman–Crippen LogP) is 2.39. The van der Waals surface area contributed by atoms with Gasteiger partial charge in [0.1, 0.15) is 0 Å². The summed E-state index contributed by atoms with van der Waals surface area (Å²) in [5, 5.41) is 7.15. The van der Waals surface area contributed by atoms with Crippen molar-refractivity contribution in [3.63, 3.8) is 0 Å². The normalized spacial score (nSPS) is 33.0. The van der Waals surface area contributed by atoms with Gasteiger partial charge in [0.15, 0.2) is 0 Å². The zero-order valence-corrected chi connectivity index (χ0v) is 7.32. The van der Waals surface area contributed by atoms with Crippen LogP contribution in [0.4, 0.5) is 0 Å². The van der Waals surface area contributed by atoms with E-state index in [1.54, 1.807) is 19.1 Å². The minimum Gasteiger partial charge on any atom is -0.265 e. The lowest BCUT2D eigenvalue weighted by atomic mass is 9.91. The van der Waals surface area contributed by atoms with Crippen molar-refractivity contribution in [2.24, 2.45) is 16.1 Å². The molecule has 0 N–H and O–H groups in total. The number of carbonyl (C=O) groups is 1. The Kier molecular flexibility index (Phi) is 1.65. The summed E-state index contributed by atoms with van der Waals surface area (Å²) >= 11 is 0. The lowest BCUT2D eigenvalue weighted by molar-refractivity contribution is -0.114. The van der Waals surface area contributed by atoms with Crippen molar-refractivity contribution in [1.29, 1.82) is 0 Å². The van der Waals surface area contributed by atoms with E-state index in [4.69, 9.17) is 1.37 Å². The van der Waals surface area contributed by atoms with Crippen LogP contribution in [0.1, 0.15) is 14.7 Å². The number of carbonyl (C=O) groups excluding carboxylic acids is 1. The number of allylic oxidation sites excluding steroid dienone is 5. The Labute approximate surface area is 78.0 Å². The topological polar surface area (TPSA) is 41.8 Å². The van der Waals surface area contributed by atoms with E-state index in [0.29, 0.717) is 17.7 Å². The van der Waals surface area contributed by atoms with Crippen LogP contribution >= 0.6 is 0 Å². The van der Waals surface area contributed by atoms with E-state index in [9.17, 15) is 4.79 Å². The fourth-order valence-electron chi connectivity index (χ4n) is 1.44. The van der Waals surface area contributed by atoms with E-state index in [0.717, 1.165) is 0 Å². The van der Waals surface area contributed by atoms with Crippen LogP contribution in [0, 0.1) is 5.89 Å². The summed E-state index contributed by atoms with van der Waals surface area (Å²) in [4.78, 5) is 11.4. The van der Waals surface area contributed by atoms with Gasteiger partial charge in [0, 0.05) is 7.26 Å². The second kappa shape index (κ2) is 3.09. The molecule has 1 heterocycles. The Balaban J connectivity index is 2.41. The van der Waals surface area contributed by atoms with Gasteiger partial charge in [-0.2, -0.15) is 5.11 Å². The highest BCUT2D eigenvalue weighted by atomic mass is 16.2. The van der Waals surface area contributed by atoms with Crippen LogP contribution in [0.25, 0.3) is 0 Å². The zero-order valence-electron chi connectivity index (χ0n) is 8.32. The molecule has 0 radical (unpaired) electrons. The number of nitrogens with zero attached hydrogens (tertiary/aromatic N) is 2. The molecule has 0 aromatic rings. The molecule has 1 amide bonds. The lowest BCUT2D eigenvalue weighted by Crippen LogP contribution is -2.08. The Bertz CT molecular complexity index is 406. The highest BCUT2D eigenvalue weighted by molar-refractivity contribution is 5.97. The van der Waals surface area contributed by atoms with Gasteiger partial charge < -0.3 is 0 Å². The molecule has 1 aliphatic carbocycles. The molecule has 0 saturated carbocycles. The van der Waals surface area contributed by atoms with Crippen molar-refractivity contribution in [2.45, 2.75) is 13.3 Å². The van der Waals surface area contributed by atoms with Crippen LogP contribution in [0.5, 0.6) is 0 Å². The molecule has 3 heteroatoms.